The molecule has 2 atom stereocenters. The van der Waals surface area contributed by atoms with E-state index in [0.717, 1.165) is 18.7 Å². The van der Waals surface area contributed by atoms with Crippen LogP contribution in [0.4, 0.5) is 17.1 Å². The monoisotopic (exact) mass is 251 g/mol. The van der Waals surface area contributed by atoms with Crippen molar-refractivity contribution in [1.29, 1.82) is 0 Å². The van der Waals surface area contributed by atoms with Gasteiger partial charge in [0, 0.05) is 25.8 Å². The SMILES string of the molecule is CC1OCCC1N(C)c1ccc([N+](=O)[O-])cc1N. The number of nitrogens with zero attached hydrogens (tertiary/aromatic N) is 2. The maximum atomic E-state index is 10.7. The molecule has 1 aromatic carbocycles. The highest BCUT2D eigenvalue weighted by atomic mass is 16.6. The first-order chi connectivity index (χ1) is 8.50. The van der Waals surface area contributed by atoms with E-state index in [9.17, 15) is 10.1 Å². The van der Waals surface area contributed by atoms with E-state index in [1.54, 1.807) is 6.07 Å². The van der Waals surface area contributed by atoms with Crippen LogP contribution in [-0.2, 0) is 4.74 Å². The number of nitro benzene ring substituents is 1. The summed E-state index contributed by atoms with van der Waals surface area (Å²) in [5, 5.41) is 10.7. The van der Waals surface area contributed by atoms with E-state index in [1.165, 1.54) is 12.1 Å². The topological polar surface area (TPSA) is 81.6 Å². The van der Waals surface area contributed by atoms with Crippen molar-refractivity contribution >= 4 is 17.1 Å². The number of rotatable bonds is 3. The van der Waals surface area contributed by atoms with E-state index >= 15 is 0 Å². The van der Waals surface area contributed by atoms with E-state index in [1.807, 2.05) is 18.9 Å². The van der Waals surface area contributed by atoms with Crippen LogP contribution >= 0.6 is 0 Å². The molecular weight excluding hydrogens is 234 g/mol. The minimum atomic E-state index is -0.443. The lowest BCUT2D eigenvalue weighted by Crippen LogP contribution is -2.37. The van der Waals surface area contributed by atoms with Gasteiger partial charge in [-0.25, -0.2) is 0 Å². The van der Waals surface area contributed by atoms with Crippen LogP contribution in [0.25, 0.3) is 0 Å². The minimum absolute atomic E-state index is 0.0142. The number of hydrogen-bond donors (Lipinski definition) is 1. The standard InChI is InChI=1S/C12H17N3O3/c1-8-11(5-6-18-8)14(2)12-4-3-9(15(16)17)7-10(12)13/h3-4,7-8,11H,5-6,13H2,1-2H3. The quantitative estimate of drug-likeness (QED) is 0.503. The number of ether oxygens (including phenoxy) is 1. The van der Waals surface area contributed by atoms with Crippen molar-refractivity contribution in [2.45, 2.75) is 25.5 Å². The Hall–Kier alpha value is -1.82. The van der Waals surface area contributed by atoms with Gasteiger partial charge >= 0.3 is 0 Å². The predicted molar refractivity (Wildman–Crippen MR) is 69.7 cm³/mol. The molecule has 2 N–H and O–H groups in total. The predicted octanol–water partition coefficient (Wildman–Crippen LogP) is 1.79. The highest BCUT2D eigenvalue weighted by molar-refractivity contribution is 5.70. The lowest BCUT2D eigenvalue weighted by molar-refractivity contribution is -0.384. The van der Waals surface area contributed by atoms with E-state index < -0.39 is 4.92 Å². The molecule has 0 radical (unpaired) electrons. The number of nitro groups is 1. The fraction of sp³-hybridized carbons (Fsp3) is 0.500. The highest BCUT2D eigenvalue weighted by Crippen LogP contribution is 2.31. The average molecular weight is 251 g/mol. The van der Waals surface area contributed by atoms with Crippen molar-refractivity contribution in [2.24, 2.45) is 0 Å². The zero-order chi connectivity index (χ0) is 13.3. The maximum Gasteiger partial charge on any atom is 0.271 e. The Morgan fingerprint density at radius 1 is 1.56 bits per heavy atom. The lowest BCUT2D eigenvalue weighted by atomic mass is 10.1. The third-order valence-electron chi connectivity index (χ3n) is 3.44. The molecule has 0 amide bonds. The lowest BCUT2D eigenvalue weighted by Gasteiger charge is -2.29. The van der Waals surface area contributed by atoms with E-state index in [4.69, 9.17) is 10.5 Å². The molecular formula is C12H17N3O3. The Morgan fingerprint density at radius 3 is 2.78 bits per heavy atom. The van der Waals surface area contributed by atoms with Gasteiger partial charge in [-0.15, -0.1) is 0 Å². The first kappa shape index (κ1) is 12.6. The van der Waals surface area contributed by atoms with Crippen LogP contribution in [0.1, 0.15) is 13.3 Å². The number of nitrogens with two attached hydrogens (primary N) is 1. The molecule has 0 bridgehead atoms. The second-order valence-electron chi connectivity index (χ2n) is 4.54. The summed E-state index contributed by atoms with van der Waals surface area (Å²) in [5.41, 5.74) is 7.13. The molecule has 1 aromatic rings. The third-order valence-corrected chi connectivity index (χ3v) is 3.44. The second-order valence-corrected chi connectivity index (χ2v) is 4.54. The van der Waals surface area contributed by atoms with Crippen LogP contribution in [0.2, 0.25) is 0 Å². The normalized spacial score (nSPS) is 23.0. The Balaban J connectivity index is 2.25. The molecule has 6 nitrogen and oxygen atoms in total. The number of non-ortho nitro benzene ring substituents is 1. The Labute approximate surface area is 105 Å². The summed E-state index contributed by atoms with van der Waals surface area (Å²) >= 11 is 0. The van der Waals surface area contributed by atoms with Gasteiger partial charge in [0.25, 0.3) is 5.69 Å². The number of hydrogen-bond acceptors (Lipinski definition) is 5. The van der Waals surface area contributed by atoms with Crippen molar-refractivity contribution in [3.63, 3.8) is 0 Å². The van der Waals surface area contributed by atoms with Gasteiger partial charge in [0.05, 0.1) is 28.4 Å². The van der Waals surface area contributed by atoms with Gasteiger partial charge in [-0.05, 0) is 19.4 Å². The maximum absolute atomic E-state index is 10.7. The second kappa shape index (κ2) is 4.81. The van der Waals surface area contributed by atoms with Gasteiger partial charge < -0.3 is 15.4 Å². The molecule has 2 rings (SSSR count). The van der Waals surface area contributed by atoms with Gasteiger partial charge in [-0.3, -0.25) is 10.1 Å². The zero-order valence-corrected chi connectivity index (χ0v) is 10.5. The summed E-state index contributed by atoms with van der Waals surface area (Å²) < 4.78 is 5.52. The third kappa shape index (κ3) is 2.24. The molecule has 0 spiro atoms. The molecule has 1 aliphatic rings. The Kier molecular flexibility index (Phi) is 3.38. The van der Waals surface area contributed by atoms with E-state index in [2.05, 4.69) is 0 Å². The van der Waals surface area contributed by atoms with Gasteiger partial charge in [-0.1, -0.05) is 0 Å². The summed E-state index contributed by atoms with van der Waals surface area (Å²) in [6.07, 6.45) is 1.08. The van der Waals surface area contributed by atoms with Gasteiger partial charge in [0.1, 0.15) is 0 Å². The van der Waals surface area contributed by atoms with Gasteiger partial charge in [0.15, 0.2) is 0 Å². The van der Waals surface area contributed by atoms with E-state index in [0.29, 0.717) is 5.69 Å². The number of benzene rings is 1. The van der Waals surface area contributed by atoms with Crippen LogP contribution < -0.4 is 10.6 Å². The average Bonchev–Trinajstić information content (AvgIpc) is 2.74. The highest BCUT2D eigenvalue weighted by Gasteiger charge is 2.29. The number of likely N-dealkylation sites (N-methyl/N-ethyl adjacent to an activating group) is 1. The molecule has 6 heteroatoms. The molecule has 1 aliphatic heterocycles. The van der Waals surface area contributed by atoms with E-state index in [-0.39, 0.29) is 17.8 Å². The molecule has 18 heavy (non-hydrogen) atoms. The number of anilines is 2. The summed E-state index contributed by atoms with van der Waals surface area (Å²) in [5.74, 6) is 0. The molecule has 0 aliphatic carbocycles. The van der Waals surface area contributed by atoms with Crippen LogP contribution in [0, 0.1) is 10.1 Å². The summed E-state index contributed by atoms with van der Waals surface area (Å²) in [6.45, 7) is 2.76. The largest absolute Gasteiger partial charge is 0.397 e. The van der Waals surface area contributed by atoms with Crippen molar-refractivity contribution in [3.05, 3.63) is 28.3 Å². The fourth-order valence-electron chi connectivity index (χ4n) is 2.38. The molecule has 98 valence electrons. The summed E-state index contributed by atoms with van der Waals surface area (Å²) in [6, 6.07) is 4.82. The first-order valence-corrected chi connectivity index (χ1v) is 5.89. The van der Waals surface area contributed by atoms with Crippen molar-refractivity contribution < 1.29 is 9.66 Å². The van der Waals surface area contributed by atoms with Crippen LogP contribution in [0.3, 0.4) is 0 Å². The van der Waals surface area contributed by atoms with Crippen molar-refractivity contribution in [3.8, 4) is 0 Å². The van der Waals surface area contributed by atoms with Crippen LogP contribution in [0.5, 0.6) is 0 Å². The van der Waals surface area contributed by atoms with Gasteiger partial charge in [-0.2, -0.15) is 0 Å². The zero-order valence-electron chi connectivity index (χ0n) is 10.5. The molecule has 2 unspecified atom stereocenters. The molecule has 1 heterocycles. The minimum Gasteiger partial charge on any atom is -0.397 e. The van der Waals surface area contributed by atoms with Crippen LogP contribution in [0.15, 0.2) is 18.2 Å². The smallest absolute Gasteiger partial charge is 0.271 e. The Morgan fingerprint density at radius 2 is 2.28 bits per heavy atom. The summed E-state index contributed by atoms with van der Waals surface area (Å²) in [7, 11) is 1.94. The molecule has 1 fully saturated rings. The Bertz CT molecular complexity index is 464. The molecule has 0 aromatic heterocycles. The van der Waals surface area contributed by atoms with Gasteiger partial charge in [0.2, 0.25) is 0 Å². The molecule has 0 saturated carbocycles. The fourth-order valence-corrected chi connectivity index (χ4v) is 2.38. The van der Waals surface area contributed by atoms with Crippen molar-refractivity contribution in [2.75, 3.05) is 24.3 Å². The van der Waals surface area contributed by atoms with Crippen molar-refractivity contribution in [1.82, 2.24) is 0 Å². The first-order valence-electron chi connectivity index (χ1n) is 5.89. The van der Waals surface area contributed by atoms with Crippen LogP contribution in [-0.4, -0.2) is 30.7 Å². The summed E-state index contributed by atoms with van der Waals surface area (Å²) in [4.78, 5) is 12.3. The number of nitrogen functional groups attached to an aromatic ring is 1. The molecule has 1 saturated heterocycles.